The number of H-pyrrole nitrogens is 1. The lowest BCUT2D eigenvalue weighted by Crippen LogP contribution is -2.19. The fraction of sp³-hybridized carbons (Fsp3) is 0.0667. The molecule has 0 fully saturated rings. The Balaban J connectivity index is 2.11. The van der Waals surface area contributed by atoms with E-state index in [0.29, 0.717) is 11.3 Å². The first kappa shape index (κ1) is 14.5. The van der Waals surface area contributed by atoms with Gasteiger partial charge in [0.2, 0.25) is 0 Å². The van der Waals surface area contributed by atoms with Crippen LogP contribution in [-0.2, 0) is 6.54 Å². The monoisotopic (exact) mass is 311 g/mol. The molecule has 0 amide bonds. The molecule has 3 rings (SSSR count). The number of nitrogens with zero attached hydrogens (tertiary/aromatic N) is 3. The number of nitrogens with one attached hydrogen (secondary N) is 1. The first-order chi connectivity index (χ1) is 11.0. The highest BCUT2D eigenvalue weighted by Crippen LogP contribution is 2.29. The van der Waals surface area contributed by atoms with Crippen LogP contribution in [0, 0.1) is 10.1 Å². The molecule has 2 aromatic carbocycles. The number of nitrogens with two attached hydrogens (primary N) is 1. The van der Waals surface area contributed by atoms with E-state index < -0.39 is 4.92 Å². The van der Waals surface area contributed by atoms with Crippen LogP contribution < -0.4 is 11.4 Å². The molecule has 0 aliphatic heterocycles. The van der Waals surface area contributed by atoms with E-state index in [4.69, 9.17) is 5.73 Å². The van der Waals surface area contributed by atoms with Crippen LogP contribution >= 0.6 is 0 Å². The van der Waals surface area contributed by atoms with E-state index in [1.807, 2.05) is 0 Å². The van der Waals surface area contributed by atoms with Crippen molar-refractivity contribution < 1.29 is 4.92 Å². The summed E-state index contributed by atoms with van der Waals surface area (Å²) in [5.74, 6) is 0. The van der Waals surface area contributed by atoms with Crippen molar-refractivity contribution in [3.63, 3.8) is 0 Å². The molecule has 0 aliphatic rings. The van der Waals surface area contributed by atoms with Gasteiger partial charge < -0.3 is 5.73 Å². The molecule has 0 radical (unpaired) electrons. The van der Waals surface area contributed by atoms with E-state index in [2.05, 4.69) is 10.1 Å². The molecule has 0 saturated carbocycles. The molecular weight excluding hydrogens is 298 g/mol. The van der Waals surface area contributed by atoms with Gasteiger partial charge in [-0.3, -0.25) is 15.1 Å². The zero-order valence-corrected chi connectivity index (χ0v) is 12.0. The molecule has 8 nitrogen and oxygen atoms in total. The Morgan fingerprint density at radius 2 is 1.96 bits per heavy atom. The summed E-state index contributed by atoms with van der Waals surface area (Å²) in [5, 5.41) is 14.9. The van der Waals surface area contributed by atoms with E-state index in [9.17, 15) is 14.9 Å². The van der Waals surface area contributed by atoms with Crippen molar-refractivity contribution in [2.45, 2.75) is 6.54 Å². The quantitative estimate of drug-likeness (QED) is 0.432. The highest BCUT2D eigenvalue weighted by molar-refractivity contribution is 5.71. The Bertz CT molecular complexity index is 911. The average Bonchev–Trinajstić information content (AvgIpc) is 2.93. The Morgan fingerprint density at radius 3 is 2.57 bits per heavy atom. The minimum absolute atomic E-state index is 0.0186. The third-order valence-electron chi connectivity index (χ3n) is 3.47. The molecule has 0 spiro atoms. The summed E-state index contributed by atoms with van der Waals surface area (Å²) < 4.78 is 1.25. The molecule has 23 heavy (non-hydrogen) atoms. The van der Waals surface area contributed by atoms with Crippen LogP contribution in [0.25, 0.3) is 11.1 Å². The Labute approximate surface area is 130 Å². The van der Waals surface area contributed by atoms with Crippen molar-refractivity contribution in [3.05, 3.63) is 75.0 Å². The molecule has 0 unspecified atom stereocenters. The Hall–Kier alpha value is -3.42. The lowest BCUT2D eigenvalue weighted by Gasteiger charge is -2.10. The van der Waals surface area contributed by atoms with E-state index in [1.165, 1.54) is 23.1 Å². The van der Waals surface area contributed by atoms with E-state index in [-0.39, 0.29) is 17.9 Å². The number of hydrogen-bond donors (Lipinski definition) is 2. The zero-order chi connectivity index (χ0) is 16.4. The molecule has 1 aromatic heterocycles. The maximum atomic E-state index is 11.6. The summed E-state index contributed by atoms with van der Waals surface area (Å²) in [5.41, 5.74) is 8.11. The molecule has 0 bridgehead atoms. The predicted molar refractivity (Wildman–Crippen MR) is 84.9 cm³/mol. The smallest absolute Gasteiger partial charge is 0.343 e. The molecule has 3 N–H and O–H groups in total. The van der Waals surface area contributed by atoms with Gasteiger partial charge in [0.1, 0.15) is 6.33 Å². The fourth-order valence-corrected chi connectivity index (χ4v) is 2.30. The second-order valence-corrected chi connectivity index (χ2v) is 4.97. The van der Waals surface area contributed by atoms with Gasteiger partial charge in [0.25, 0.3) is 5.69 Å². The van der Waals surface area contributed by atoms with Crippen LogP contribution in [0.5, 0.6) is 0 Å². The molecule has 0 atom stereocenters. The van der Waals surface area contributed by atoms with Crippen LogP contribution in [0.15, 0.2) is 53.6 Å². The second kappa shape index (κ2) is 5.76. The van der Waals surface area contributed by atoms with Crippen molar-refractivity contribution >= 4 is 11.4 Å². The van der Waals surface area contributed by atoms with E-state index in [0.717, 1.165) is 11.1 Å². The number of rotatable bonds is 4. The normalized spacial score (nSPS) is 10.6. The van der Waals surface area contributed by atoms with Gasteiger partial charge in [-0.05, 0) is 34.9 Å². The predicted octanol–water partition coefficient (Wildman–Crippen LogP) is 1.78. The van der Waals surface area contributed by atoms with Gasteiger partial charge in [0.15, 0.2) is 0 Å². The number of non-ortho nitro benzene ring substituents is 1. The first-order valence-corrected chi connectivity index (χ1v) is 6.78. The highest BCUT2D eigenvalue weighted by Gasteiger charge is 2.13. The Kier molecular flexibility index (Phi) is 3.63. The number of benzene rings is 2. The fourth-order valence-electron chi connectivity index (χ4n) is 2.30. The zero-order valence-electron chi connectivity index (χ0n) is 12.0. The number of nitrogen functional groups attached to an aromatic ring is 1. The van der Waals surface area contributed by atoms with E-state index in [1.54, 1.807) is 30.3 Å². The number of nitro benzene ring substituents is 1. The van der Waals surface area contributed by atoms with Crippen molar-refractivity contribution in [1.29, 1.82) is 0 Å². The minimum atomic E-state index is -0.453. The molecule has 0 saturated heterocycles. The SMILES string of the molecule is Nc1ccc(-c2cc([N+](=O)[O-])ccc2Cn2nc[nH]c2=O)cc1. The van der Waals surface area contributed by atoms with Crippen molar-refractivity contribution in [2.75, 3.05) is 5.73 Å². The van der Waals surface area contributed by atoms with Crippen LogP contribution in [0.2, 0.25) is 0 Å². The maximum absolute atomic E-state index is 11.6. The number of hydrogen-bond acceptors (Lipinski definition) is 5. The molecule has 3 aromatic rings. The second-order valence-electron chi connectivity index (χ2n) is 4.97. The van der Waals surface area contributed by atoms with Crippen LogP contribution in [0.3, 0.4) is 0 Å². The topological polar surface area (TPSA) is 120 Å². The lowest BCUT2D eigenvalue weighted by molar-refractivity contribution is -0.384. The van der Waals surface area contributed by atoms with E-state index >= 15 is 0 Å². The van der Waals surface area contributed by atoms with Crippen LogP contribution in [0.1, 0.15) is 5.56 Å². The van der Waals surface area contributed by atoms with Crippen molar-refractivity contribution in [1.82, 2.24) is 14.8 Å². The molecule has 0 aliphatic carbocycles. The largest absolute Gasteiger partial charge is 0.399 e. The molecule has 8 heteroatoms. The van der Waals surface area contributed by atoms with Gasteiger partial charge in [-0.2, -0.15) is 5.10 Å². The molecule has 116 valence electrons. The summed E-state index contributed by atoms with van der Waals surface area (Å²) in [4.78, 5) is 24.6. The number of anilines is 1. The van der Waals surface area contributed by atoms with Gasteiger partial charge in [-0.1, -0.05) is 12.1 Å². The maximum Gasteiger partial charge on any atom is 0.343 e. The van der Waals surface area contributed by atoms with Crippen molar-refractivity contribution in [2.24, 2.45) is 0 Å². The third kappa shape index (κ3) is 2.95. The van der Waals surface area contributed by atoms with Gasteiger partial charge in [-0.25, -0.2) is 9.48 Å². The minimum Gasteiger partial charge on any atom is -0.399 e. The standard InChI is InChI=1S/C15H13N5O3/c16-12-4-1-10(2-5-12)14-7-13(20(22)23)6-3-11(14)8-19-15(21)17-9-18-19/h1-7,9H,8,16H2,(H,17,18,21). The average molecular weight is 311 g/mol. The summed E-state index contributed by atoms with van der Waals surface area (Å²) in [7, 11) is 0. The first-order valence-electron chi connectivity index (χ1n) is 6.78. The lowest BCUT2D eigenvalue weighted by atomic mass is 9.98. The number of aromatic nitrogens is 3. The molecular formula is C15H13N5O3. The van der Waals surface area contributed by atoms with Crippen LogP contribution in [0.4, 0.5) is 11.4 Å². The third-order valence-corrected chi connectivity index (χ3v) is 3.47. The van der Waals surface area contributed by atoms with Gasteiger partial charge in [0, 0.05) is 17.8 Å². The Morgan fingerprint density at radius 1 is 1.22 bits per heavy atom. The summed E-state index contributed by atoms with van der Waals surface area (Å²) in [6.07, 6.45) is 1.30. The summed E-state index contributed by atoms with van der Waals surface area (Å²) in [6, 6.07) is 11.5. The molecule has 1 heterocycles. The van der Waals surface area contributed by atoms with Gasteiger partial charge >= 0.3 is 5.69 Å². The van der Waals surface area contributed by atoms with Gasteiger partial charge in [-0.15, -0.1) is 0 Å². The number of aromatic amines is 1. The summed E-state index contributed by atoms with van der Waals surface area (Å²) >= 11 is 0. The number of nitro groups is 1. The highest BCUT2D eigenvalue weighted by atomic mass is 16.6. The summed E-state index contributed by atoms with van der Waals surface area (Å²) in [6.45, 7) is 0.208. The van der Waals surface area contributed by atoms with Gasteiger partial charge in [0.05, 0.1) is 11.5 Å². The van der Waals surface area contributed by atoms with Crippen LogP contribution in [-0.4, -0.2) is 19.7 Å². The van der Waals surface area contributed by atoms with Crippen molar-refractivity contribution in [3.8, 4) is 11.1 Å².